The first kappa shape index (κ1) is 14.8. The Hall–Kier alpha value is -2.60. The molecule has 0 aliphatic carbocycles. The van der Waals surface area contributed by atoms with E-state index in [1.54, 1.807) is 30.3 Å². The van der Waals surface area contributed by atoms with Gasteiger partial charge in [-0.15, -0.1) is 11.3 Å². The summed E-state index contributed by atoms with van der Waals surface area (Å²) in [5, 5.41) is 13.1. The average Bonchev–Trinajstić information content (AvgIpc) is 2.91. The highest BCUT2D eigenvalue weighted by molar-refractivity contribution is 7.10. The van der Waals surface area contributed by atoms with Gasteiger partial charge >= 0.3 is 12.1 Å². The first-order chi connectivity index (χ1) is 10.1. The molecular formula is C15H13NO4S. The molecule has 0 saturated carbocycles. The average molecular weight is 303 g/mol. The maximum absolute atomic E-state index is 11.6. The van der Waals surface area contributed by atoms with Crippen LogP contribution < -0.4 is 10.1 Å². The first-order valence-corrected chi connectivity index (χ1v) is 7.01. The largest absolute Gasteiger partial charge is 0.478 e. The molecule has 1 heterocycles. The van der Waals surface area contributed by atoms with Gasteiger partial charge in [-0.1, -0.05) is 18.2 Å². The van der Waals surface area contributed by atoms with Gasteiger partial charge in [-0.25, -0.2) is 9.59 Å². The summed E-state index contributed by atoms with van der Waals surface area (Å²) in [7, 11) is 0. The van der Waals surface area contributed by atoms with Crippen LogP contribution in [-0.4, -0.2) is 17.2 Å². The van der Waals surface area contributed by atoms with Crippen molar-refractivity contribution in [1.82, 2.24) is 5.32 Å². The Morgan fingerprint density at radius 3 is 2.71 bits per heavy atom. The number of amides is 1. The SMILES string of the molecule is O=C(O)/C=C/c1ccsc1CNC(=O)Oc1ccccc1. The molecule has 2 aromatic rings. The second-order valence-corrected chi connectivity index (χ2v) is 5.03. The van der Waals surface area contributed by atoms with Crippen LogP contribution in [0.1, 0.15) is 10.4 Å². The van der Waals surface area contributed by atoms with E-state index in [9.17, 15) is 9.59 Å². The molecule has 0 spiro atoms. The second-order valence-electron chi connectivity index (χ2n) is 4.03. The molecule has 0 unspecified atom stereocenters. The van der Waals surface area contributed by atoms with E-state index in [1.165, 1.54) is 17.4 Å². The minimum Gasteiger partial charge on any atom is -0.478 e. The van der Waals surface area contributed by atoms with Gasteiger partial charge in [0.25, 0.3) is 0 Å². The maximum atomic E-state index is 11.6. The quantitative estimate of drug-likeness (QED) is 0.832. The van der Waals surface area contributed by atoms with Gasteiger partial charge < -0.3 is 15.2 Å². The Balaban J connectivity index is 1.90. The van der Waals surface area contributed by atoms with Crippen LogP contribution in [0.4, 0.5) is 4.79 Å². The minimum absolute atomic E-state index is 0.280. The van der Waals surface area contributed by atoms with E-state index >= 15 is 0 Å². The summed E-state index contributed by atoms with van der Waals surface area (Å²) in [6, 6.07) is 10.5. The van der Waals surface area contributed by atoms with Crippen LogP contribution in [0.5, 0.6) is 5.75 Å². The molecule has 6 heteroatoms. The minimum atomic E-state index is -1.01. The van der Waals surface area contributed by atoms with Crippen molar-refractivity contribution in [3.63, 3.8) is 0 Å². The van der Waals surface area contributed by atoms with Crippen molar-refractivity contribution >= 4 is 29.5 Å². The van der Waals surface area contributed by atoms with Gasteiger partial charge in [0.15, 0.2) is 0 Å². The highest BCUT2D eigenvalue weighted by atomic mass is 32.1. The number of carbonyl (C=O) groups is 2. The highest BCUT2D eigenvalue weighted by Crippen LogP contribution is 2.18. The fraction of sp³-hybridized carbons (Fsp3) is 0.0667. The number of ether oxygens (including phenoxy) is 1. The number of carboxylic acids is 1. The van der Waals surface area contributed by atoms with E-state index in [0.717, 1.165) is 16.5 Å². The molecule has 0 fully saturated rings. The first-order valence-electron chi connectivity index (χ1n) is 6.13. The Morgan fingerprint density at radius 2 is 2.00 bits per heavy atom. The third kappa shape index (κ3) is 4.77. The zero-order valence-corrected chi connectivity index (χ0v) is 11.8. The van der Waals surface area contributed by atoms with Crippen molar-refractivity contribution in [3.8, 4) is 5.75 Å². The lowest BCUT2D eigenvalue weighted by Crippen LogP contribution is -2.26. The van der Waals surface area contributed by atoms with Crippen LogP contribution in [-0.2, 0) is 11.3 Å². The van der Waals surface area contributed by atoms with Gasteiger partial charge in [0.2, 0.25) is 0 Å². The standard InChI is InChI=1S/C15H13NO4S/c17-14(18)7-6-11-8-9-21-13(11)10-16-15(19)20-12-4-2-1-3-5-12/h1-9H,10H2,(H,16,19)(H,17,18)/b7-6+. The third-order valence-electron chi connectivity index (χ3n) is 2.53. The number of carboxylic acid groups (broad SMARTS) is 1. The molecule has 2 N–H and O–H groups in total. The molecule has 1 aromatic carbocycles. The molecule has 5 nitrogen and oxygen atoms in total. The number of thiophene rings is 1. The Labute approximate surface area is 125 Å². The van der Waals surface area contributed by atoms with Crippen LogP contribution in [0, 0.1) is 0 Å². The number of para-hydroxylation sites is 1. The van der Waals surface area contributed by atoms with Gasteiger partial charge in [-0.05, 0) is 35.2 Å². The van der Waals surface area contributed by atoms with E-state index in [4.69, 9.17) is 9.84 Å². The molecule has 0 aliphatic rings. The van der Waals surface area contributed by atoms with Crippen molar-refractivity contribution < 1.29 is 19.4 Å². The van der Waals surface area contributed by atoms with Crippen LogP contribution >= 0.6 is 11.3 Å². The topological polar surface area (TPSA) is 75.6 Å². The van der Waals surface area contributed by atoms with Crippen LogP contribution in [0.25, 0.3) is 6.08 Å². The Morgan fingerprint density at radius 1 is 1.24 bits per heavy atom. The summed E-state index contributed by atoms with van der Waals surface area (Å²) < 4.78 is 5.09. The molecule has 0 aliphatic heterocycles. The molecular weight excluding hydrogens is 290 g/mol. The van der Waals surface area contributed by atoms with Crippen molar-refractivity contribution in [3.05, 3.63) is 58.3 Å². The summed E-state index contributed by atoms with van der Waals surface area (Å²) >= 11 is 1.44. The van der Waals surface area contributed by atoms with E-state index in [1.807, 2.05) is 11.4 Å². The molecule has 21 heavy (non-hydrogen) atoms. The van der Waals surface area contributed by atoms with Gasteiger partial charge in [0.1, 0.15) is 5.75 Å². The number of aliphatic carboxylic acids is 1. The zero-order valence-electron chi connectivity index (χ0n) is 11.0. The predicted molar refractivity (Wildman–Crippen MR) is 80.3 cm³/mol. The van der Waals surface area contributed by atoms with E-state index in [-0.39, 0.29) is 6.54 Å². The number of benzene rings is 1. The van der Waals surface area contributed by atoms with Crippen molar-refractivity contribution in [2.24, 2.45) is 0 Å². The van der Waals surface area contributed by atoms with E-state index in [2.05, 4.69) is 5.32 Å². The molecule has 1 amide bonds. The molecule has 108 valence electrons. The predicted octanol–water partition coefficient (Wildman–Crippen LogP) is 3.13. The summed E-state index contributed by atoms with van der Waals surface area (Å²) in [5.41, 5.74) is 0.766. The number of carbonyl (C=O) groups excluding carboxylic acids is 1. The van der Waals surface area contributed by atoms with Gasteiger partial charge in [0, 0.05) is 11.0 Å². The summed E-state index contributed by atoms with van der Waals surface area (Å²) in [4.78, 5) is 23.0. The number of hydrogen-bond donors (Lipinski definition) is 2. The summed E-state index contributed by atoms with van der Waals surface area (Å²) in [5.74, 6) is -0.546. The van der Waals surface area contributed by atoms with Gasteiger partial charge in [0.05, 0.1) is 6.54 Å². The summed E-state index contributed by atoms with van der Waals surface area (Å²) in [6.07, 6.45) is 2.01. The summed E-state index contributed by atoms with van der Waals surface area (Å²) in [6.45, 7) is 0.280. The molecule has 0 saturated heterocycles. The van der Waals surface area contributed by atoms with E-state index in [0.29, 0.717) is 5.75 Å². The fourth-order valence-corrected chi connectivity index (χ4v) is 2.39. The van der Waals surface area contributed by atoms with Crippen LogP contribution in [0.2, 0.25) is 0 Å². The number of rotatable bonds is 5. The second kappa shape index (κ2) is 7.25. The fourth-order valence-electron chi connectivity index (χ4n) is 1.59. The normalized spacial score (nSPS) is 10.5. The smallest absolute Gasteiger partial charge is 0.412 e. The maximum Gasteiger partial charge on any atom is 0.412 e. The number of hydrogen-bond acceptors (Lipinski definition) is 4. The van der Waals surface area contributed by atoms with Crippen LogP contribution in [0.15, 0.2) is 47.9 Å². The molecule has 0 radical (unpaired) electrons. The lowest BCUT2D eigenvalue weighted by atomic mass is 10.2. The monoisotopic (exact) mass is 303 g/mol. The molecule has 1 aromatic heterocycles. The molecule has 0 atom stereocenters. The van der Waals surface area contributed by atoms with Crippen molar-refractivity contribution in [2.75, 3.05) is 0 Å². The lowest BCUT2D eigenvalue weighted by molar-refractivity contribution is -0.131. The molecule has 0 bridgehead atoms. The Kier molecular flexibility index (Phi) is 5.11. The van der Waals surface area contributed by atoms with Gasteiger partial charge in [-0.3, -0.25) is 0 Å². The molecule has 2 rings (SSSR count). The third-order valence-corrected chi connectivity index (χ3v) is 3.47. The lowest BCUT2D eigenvalue weighted by Gasteiger charge is -2.06. The van der Waals surface area contributed by atoms with Crippen LogP contribution in [0.3, 0.4) is 0 Å². The number of nitrogens with one attached hydrogen (secondary N) is 1. The van der Waals surface area contributed by atoms with Crippen molar-refractivity contribution in [2.45, 2.75) is 6.54 Å². The Bertz CT molecular complexity index is 649. The van der Waals surface area contributed by atoms with Crippen molar-refractivity contribution in [1.29, 1.82) is 0 Å². The highest BCUT2D eigenvalue weighted by Gasteiger charge is 2.07. The van der Waals surface area contributed by atoms with Gasteiger partial charge in [-0.2, -0.15) is 0 Å². The van der Waals surface area contributed by atoms with E-state index < -0.39 is 12.1 Å². The zero-order chi connectivity index (χ0) is 15.1.